The Morgan fingerprint density at radius 3 is 2.09 bits per heavy atom. The average Bonchev–Trinajstić information content (AvgIpc) is 2.59. The van der Waals surface area contributed by atoms with Crippen LogP contribution in [0, 0.1) is 6.92 Å². The Morgan fingerprint density at radius 2 is 1.52 bits per heavy atom. The zero-order valence-corrected chi connectivity index (χ0v) is 14.7. The maximum absolute atomic E-state index is 5.96. The Balaban J connectivity index is 1.89. The Bertz CT molecular complexity index is 572. The fraction of sp³-hybridized carbons (Fsp3) is 0.429. The Morgan fingerprint density at radius 1 is 0.870 bits per heavy atom. The summed E-state index contributed by atoms with van der Waals surface area (Å²) in [6.07, 6.45) is 1.75. The molecule has 0 aliphatic heterocycles. The molecule has 0 bridgehead atoms. The fourth-order valence-corrected chi connectivity index (χ4v) is 2.37. The second-order valence-corrected chi connectivity index (χ2v) is 6.13. The lowest BCUT2D eigenvalue weighted by Crippen LogP contribution is -2.19. The van der Waals surface area contributed by atoms with Crippen LogP contribution in [0.4, 0.5) is 0 Å². The predicted octanol–water partition coefficient (Wildman–Crippen LogP) is 5.84. The van der Waals surface area contributed by atoms with Crippen molar-refractivity contribution in [2.24, 2.45) is 0 Å². The molecule has 0 spiro atoms. The molecule has 2 aromatic rings. The first-order chi connectivity index (χ1) is 11.1. The maximum atomic E-state index is 5.96. The van der Waals surface area contributed by atoms with E-state index in [0.29, 0.717) is 12.5 Å². The second kappa shape index (κ2) is 8.73. The van der Waals surface area contributed by atoms with Crippen LogP contribution in [0.5, 0.6) is 5.75 Å². The van der Waals surface area contributed by atoms with E-state index in [4.69, 9.17) is 9.47 Å². The van der Waals surface area contributed by atoms with Crippen molar-refractivity contribution in [3.8, 4) is 5.75 Å². The maximum Gasteiger partial charge on any atom is 0.199 e. The molecule has 0 N–H and O–H groups in total. The van der Waals surface area contributed by atoms with Gasteiger partial charge in [0.15, 0.2) is 6.29 Å². The monoisotopic (exact) mass is 312 g/mol. The van der Waals surface area contributed by atoms with Crippen LogP contribution >= 0.6 is 0 Å². The van der Waals surface area contributed by atoms with Crippen molar-refractivity contribution in [2.45, 2.75) is 59.4 Å². The van der Waals surface area contributed by atoms with E-state index < -0.39 is 0 Å². The highest BCUT2D eigenvalue weighted by Crippen LogP contribution is 2.22. The number of hydrogen-bond acceptors (Lipinski definition) is 2. The van der Waals surface area contributed by atoms with E-state index in [1.807, 2.05) is 12.1 Å². The highest BCUT2D eigenvalue weighted by molar-refractivity contribution is 5.29. The van der Waals surface area contributed by atoms with Gasteiger partial charge in [0, 0.05) is 6.42 Å². The van der Waals surface area contributed by atoms with Gasteiger partial charge in [-0.15, -0.1) is 0 Å². The lowest BCUT2D eigenvalue weighted by atomic mass is 9.99. The molecule has 0 aromatic heterocycles. The van der Waals surface area contributed by atoms with E-state index in [2.05, 4.69) is 64.1 Å². The molecule has 2 atom stereocenters. The molecule has 0 aliphatic rings. The quantitative estimate of drug-likeness (QED) is 0.570. The summed E-state index contributed by atoms with van der Waals surface area (Å²) in [7, 11) is 0. The van der Waals surface area contributed by atoms with E-state index in [-0.39, 0.29) is 6.29 Å². The Kier molecular flexibility index (Phi) is 6.66. The van der Waals surface area contributed by atoms with Gasteiger partial charge in [0.1, 0.15) is 5.75 Å². The lowest BCUT2D eigenvalue weighted by Gasteiger charge is -2.19. The summed E-state index contributed by atoms with van der Waals surface area (Å²) in [6.45, 7) is 9.19. The van der Waals surface area contributed by atoms with Crippen LogP contribution < -0.4 is 4.74 Å². The summed E-state index contributed by atoms with van der Waals surface area (Å²) in [4.78, 5) is 0. The second-order valence-electron chi connectivity index (χ2n) is 6.13. The molecule has 0 saturated carbocycles. The van der Waals surface area contributed by atoms with E-state index >= 15 is 0 Å². The van der Waals surface area contributed by atoms with Crippen LogP contribution in [0.1, 0.15) is 56.2 Å². The molecule has 2 unspecified atom stereocenters. The SMILES string of the molecule is CCC(OCc1ccc(C)cc1)Oc1ccc(C(C)CC)cc1. The van der Waals surface area contributed by atoms with Crippen molar-refractivity contribution < 1.29 is 9.47 Å². The topological polar surface area (TPSA) is 18.5 Å². The smallest absolute Gasteiger partial charge is 0.199 e. The molecule has 0 amide bonds. The molecular weight excluding hydrogens is 284 g/mol. The summed E-state index contributed by atoms with van der Waals surface area (Å²) < 4.78 is 11.9. The number of benzene rings is 2. The van der Waals surface area contributed by atoms with Gasteiger partial charge in [-0.2, -0.15) is 0 Å². The van der Waals surface area contributed by atoms with Crippen LogP contribution in [-0.2, 0) is 11.3 Å². The van der Waals surface area contributed by atoms with Gasteiger partial charge in [0.2, 0.25) is 0 Å². The molecule has 0 heterocycles. The van der Waals surface area contributed by atoms with Gasteiger partial charge >= 0.3 is 0 Å². The summed E-state index contributed by atoms with van der Waals surface area (Å²) in [5.74, 6) is 1.46. The molecule has 0 saturated heterocycles. The van der Waals surface area contributed by atoms with Gasteiger partial charge < -0.3 is 9.47 Å². The van der Waals surface area contributed by atoms with Crippen LogP contribution in [0.25, 0.3) is 0 Å². The number of rotatable bonds is 8. The fourth-order valence-electron chi connectivity index (χ4n) is 2.37. The number of aryl methyl sites for hydroxylation is 1. The van der Waals surface area contributed by atoms with Gasteiger partial charge in [-0.25, -0.2) is 0 Å². The molecule has 124 valence electrons. The van der Waals surface area contributed by atoms with Gasteiger partial charge in [0.05, 0.1) is 6.61 Å². The molecule has 2 heteroatoms. The largest absolute Gasteiger partial charge is 0.465 e. The third-order valence-corrected chi connectivity index (χ3v) is 4.22. The molecule has 0 fully saturated rings. The third kappa shape index (κ3) is 5.40. The molecule has 2 rings (SSSR count). The number of hydrogen-bond donors (Lipinski definition) is 0. The van der Waals surface area contributed by atoms with E-state index in [1.165, 1.54) is 16.7 Å². The van der Waals surface area contributed by atoms with Crippen molar-refractivity contribution >= 4 is 0 Å². The minimum absolute atomic E-state index is 0.217. The third-order valence-electron chi connectivity index (χ3n) is 4.22. The minimum Gasteiger partial charge on any atom is -0.465 e. The van der Waals surface area contributed by atoms with Crippen LogP contribution in [0.15, 0.2) is 48.5 Å². The Labute approximate surface area is 140 Å². The van der Waals surface area contributed by atoms with Crippen molar-refractivity contribution in [1.82, 2.24) is 0 Å². The van der Waals surface area contributed by atoms with Gasteiger partial charge in [-0.3, -0.25) is 0 Å². The zero-order chi connectivity index (χ0) is 16.7. The van der Waals surface area contributed by atoms with Gasteiger partial charge in [0.25, 0.3) is 0 Å². The first kappa shape index (κ1) is 17.6. The molecule has 0 radical (unpaired) electrons. The summed E-state index contributed by atoms with van der Waals surface area (Å²) in [5.41, 5.74) is 3.79. The van der Waals surface area contributed by atoms with Crippen LogP contribution in [-0.4, -0.2) is 6.29 Å². The van der Waals surface area contributed by atoms with E-state index in [0.717, 1.165) is 18.6 Å². The molecular formula is C21H28O2. The summed E-state index contributed by atoms with van der Waals surface area (Å²) >= 11 is 0. The number of ether oxygens (including phenoxy) is 2. The molecule has 23 heavy (non-hydrogen) atoms. The summed E-state index contributed by atoms with van der Waals surface area (Å²) in [5, 5.41) is 0. The highest BCUT2D eigenvalue weighted by Gasteiger charge is 2.09. The van der Waals surface area contributed by atoms with E-state index in [9.17, 15) is 0 Å². The zero-order valence-electron chi connectivity index (χ0n) is 14.7. The average molecular weight is 312 g/mol. The van der Waals surface area contributed by atoms with Crippen molar-refractivity contribution in [3.05, 3.63) is 65.2 Å². The first-order valence-electron chi connectivity index (χ1n) is 8.56. The molecule has 0 aliphatic carbocycles. The standard InChI is InChI=1S/C21H28O2/c1-5-17(4)19-11-13-20(14-12-19)23-21(6-2)22-15-18-9-7-16(3)8-10-18/h7-14,17,21H,5-6,15H2,1-4H3. The molecule has 2 aromatic carbocycles. The van der Waals surface area contributed by atoms with Gasteiger partial charge in [-0.1, -0.05) is 62.7 Å². The van der Waals surface area contributed by atoms with Crippen LogP contribution in [0.3, 0.4) is 0 Å². The lowest BCUT2D eigenvalue weighted by molar-refractivity contribution is -0.0905. The molecule has 2 nitrogen and oxygen atoms in total. The van der Waals surface area contributed by atoms with Crippen molar-refractivity contribution in [1.29, 1.82) is 0 Å². The van der Waals surface area contributed by atoms with E-state index in [1.54, 1.807) is 0 Å². The summed E-state index contributed by atoms with van der Waals surface area (Å²) in [6, 6.07) is 16.8. The van der Waals surface area contributed by atoms with Gasteiger partial charge in [-0.05, 0) is 42.5 Å². The van der Waals surface area contributed by atoms with Crippen molar-refractivity contribution in [3.63, 3.8) is 0 Å². The normalized spacial score (nSPS) is 13.6. The van der Waals surface area contributed by atoms with Crippen molar-refractivity contribution in [2.75, 3.05) is 0 Å². The first-order valence-corrected chi connectivity index (χ1v) is 8.56. The van der Waals surface area contributed by atoms with Crippen LogP contribution in [0.2, 0.25) is 0 Å². The Hall–Kier alpha value is -1.80. The predicted molar refractivity (Wildman–Crippen MR) is 95.8 cm³/mol. The highest BCUT2D eigenvalue weighted by atomic mass is 16.7. The minimum atomic E-state index is -0.217.